The van der Waals surface area contributed by atoms with E-state index in [1.165, 1.54) is 21.7 Å². The summed E-state index contributed by atoms with van der Waals surface area (Å²) < 4.78 is 59.2. The van der Waals surface area contributed by atoms with Crippen LogP contribution in [0.2, 0.25) is 0 Å². The Morgan fingerprint density at radius 1 is 1.32 bits per heavy atom. The molecule has 0 spiro atoms. The standard InChI is InChI=1S/C21H32N2O6S2/c1-15(2)7-8-18-9-10-21-19(11-18)29-20(13-22(5)30(6,25)26)16(3)12-23(17(4)14-24)31(21,27)28/h9-11,15-17,20,24H,12-14H2,1-6H3/t16-,17-,20-/m1/s1. The topological polar surface area (TPSA) is 104 Å². The van der Waals surface area contributed by atoms with Gasteiger partial charge in [-0.1, -0.05) is 32.6 Å². The molecule has 174 valence electrons. The van der Waals surface area contributed by atoms with Gasteiger partial charge < -0.3 is 9.84 Å². The molecule has 0 bridgehead atoms. The van der Waals surface area contributed by atoms with Gasteiger partial charge in [0.15, 0.2) is 0 Å². The van der Waals surface area contributed by atoms with Crippen LogP contribution >= 0.6 is 0 Å². The Kier molecular flexibility index (Phi) is 8.16. The molecular weight excluding hydrogens is 440 g/mol. The highest BCUT2D eigenvalue weighted by Crippen LogP contribution is 2.34. The van der Waals surface area contributed by atoms with Crippen LogP contribution in [0.5, 0.6) is 5.75 Å². The fraction of sp³-hybridized carbons (Fsp3) is 0.619. The van der Waals surface area contributed by atoms with Crippen LogP contribution in [0.25, 0.3) is 0 Å². The highest BCUT2D eigenvalue weighted by molar-refractivity contribution is 7.89. The number of likely N-dealkylation sites (N-methyl/N-ethyl adjacent to an activating group) is 1. The summed E-state index contributed by atoms with van der Waals surface area (Å²) in [5.41, 5.74) is 0.604. The normalized spacial score (nSPS) is 22.6. The number of aliphatic hydroxyl groups is 1. The first-order chi connectivity index (χ1) is 14.3. The number of hydrogen-bond acceptors (Lipinski definition) is 6. The summed E-state index contributed by atoms with van der Waals surface area (Å²) in [5, 5.41) is 9.66. The van der Waals surface area contributed by atoms with E-state index in [4.69, 9.17) is 4.74 Å². The molecular formula is C21H32N2O6S2. The van der Waals surface area contributed by atoms with Gasteiger partial charge in [-0.25, -0.2) is 21.1 Å². The summed E-state index contributed by atoms with van der Waals surface area (Å²) in [6.45, 7) is 7.15. The maximum absolute atomic E-state index is 13.4. The van der Waals surface area contributed by atoms with Crippen molar-refractivity contribution in [3.63, 3.8) is 0 Å². The number of nitrogens with zero attached hydrogens (tertiary/aromatic N) is 2. The monoisotopic (exact) mass is 472 g/mol. The zero-order chi connectivity index (χ0) is 23.6. The first-order valence-corrected chi connectivity index (χ1v) is 13.4. The van der Waals surface area contributed by atoms with E-state index in [0.29, 0.717) is 5.56 Å². The molecule has 10 heteroatoms. The summed E-state index contributed by atoms with van der Waals surface area (Å²) in [4.78, 5) is -0.0261. The Morgan fingerprint density at radius 2 is 1.97 bits per heavy atom. The smallest absolute Gasteiger partial charge is 0.247 e. The molecule has 31 heavy (non-hydrogen) atoms. The summed E-state index contributed by atoms with van der Waals surface area (Å²) in [7, 11) is -5.94. The van der Waals surface area contributed by atoms with Crippen LogP contribution < -0.4 is 4.74 Å². The van der Waals surface area contributed by atoms with E-state index in [2.05, 4.69) is 11.8 Å². The summed E-state index contributed by atoms with van der Waals surface area (Å²) in [5.74, 6) is 5.98. The lowest BCUT2D eigenvalue weighted by atomic mass is 10.0. The van der Waals surface area contributed by atoms with E-state index in [0.717, 1.165) is 6.26 Å². The lowest BCUT2D eigenvalue weighted by Gasteiger charge is -2.37. The number of rotatable bonds is 5. The van der Waals surface area contributed by atoms with E-state index < -0.39 is 32.2 Å². The number of hydrogen-bond donors (Lipinski definition) is 1. The number of ether oxygens (including phenoxy) is 1. The Bertz CT molecular complexity index is 1060. The van der Waals surface area contributed by atoms with Crippen LogP contribution in [-0.2, 0) is 20.0 Å². The molecule has 0 aliphatic carbocycles. The molecule has 1 heterocycles. The predicted molar refractivity (Wildman–Crippen MR) is 120 cm³/mol. The minimum absolute atomic E-state index is 0.0261. The highest BCUT2D eigenvalue weighted by atomic mass is 32.2. The van der Waals surface area contributed by atoms with Gasteiger partial charge in [0.1, 0.15) is 16.7 Å². The van der Waals surface area contributed by atoms with E-state index in [1.54, 1.807) is 26.0 Å². The number of fused-ring (bicyclic) bond motifs is 1. The molecule has 3 atom stereocenters. The molecule has 1 aliphatic rings. The van der Waals surface area contributed by atoms with E-state index in [9.17, 15) is 21.9 Å². The Labute approximate surface area is 186 Å². The van der Waals surface area contributed by atoms with Crippen LogP contribution in [0.3, 0.4) is 0 Å². The first-order valence-electron chi connectivity index (χ1n) is 10.1. The molecule has 0 unspecified atom stereocenters. The molecule has 0 radical (unpaired) electrons. The molecule has 1 aromatic carbocycles. The van der Waals surface area contributed by atoms with Crippen molar-refractivity contribution >= 4 is 20.0 Å². The molecule has 0 fully saturated rings. The zero-order valence-electron chi connectivity index (χ0n) is 18.9. The van der Waals surface area contributed by atoms with Crippen molar-refractivity contribution in [1.82, 2.24) is 8.61 Å². The maximum Gasteiger partial charge on any atom is 0.247 e. The van der Waals surface area contributed by atoms with Gasteiger partial charge in [-0.15, -0.1) is 0 Å². The van der Waals surface area contributed by atoms with Crippen LogP contribution in [-0.4, -0.2) is 75.7 Å². The second-order valence-electron chi connectivity index (χ2n) is 8.37. The van der Waals surface area contributed by atoms with Crippen LogP contribution in [0.1, 0.15) is 33.3 Å². The number of aliphatic hydroxyl groups excluding tert-OH is 1. The first kappa shape index (κ1) is 25.6. The Balaban J connectivity index is 2.62. The fourth-order valence-electron chi connectivity index (χ4n) is 3.14. The van der Waals surface area contributed by atoms with E-state index in [-0.39, 0.29) is 42.2 Å². The molecule has 1 N–H and O–H groups in total. The van der Waals surface area contributed by atoms with Gasteiger partial charge in [-0.2, -0.15) is 4.31 Å². The van der Waals surface area contributed by atoms with E-state index in [1.807, 2.05) is 13.8 Å². The largest absolute Gasteiger partial charge is 0.487 e. The molecule has 8 nitrogen and oxygen atoms in total. The minimum Gasteiger partial charge on any atom is -0.487 e. The van der Waals surface area contributed by atoms with Gasteiger partial charge in [0.05, 0.1) is 19.4 Å². The third-order valence-corrected chi connectivity index (χ3v) is 8.48. The predicted octanol–water partition coefficient (Wildman–Crippen LogP) is 1.35. The average molecular weight is 473 g/mol. The third kappa shape index (κ3) is 6.20. The van der Waals surface area contributed by atoms with Crippen LogP contribution in [0.4, 0.5) is 0 Å². The lowest BCUT2D eigenvalue weighted by molar-refractivity contribution is 0.0905. The van der Waals surface area contributed by atoms with Gasteiger partial charge in [-0.05, 0) is 25.1 Å². The molecule has 1 aliphatic heterocycles. The summed E-state index contributed by atoms with van der Waals surface area (Å²) in [6.07, 6.45) is 0.509. The van der Waals surface area contributed by atoms with Crippen LogP contribution in [0, 0.1) is 23.7 Å². The van der Waals surface area contributed by atoms with Gasteiger partial charge in [0.25, 0.3) is 0 Å². The van der Waals surface area contributed by atoms with Crippen molar-refractivity contribution in [3.8, 4) is 17.6 Å². The molecule has 0 amide bonds. The van der Waals surface area contributed by atoms with Crippen LogP contribution in [0.15, 0.2) is 23.1 Å². The van der Waals surface area contributed by atoms with Crippen molar-refractivity contribution in [1.29, 1.82) is 0 Å². The van der Waals surface area contributed by atoms with Gasteiger partial charge in [-0.3, -0.25) is 0 Å². The fourth-order valence-corrected chi connectivity index (χ4v) is 5.38. The van der Waals surface area contributed by atoms with Crippen molar-refractivity contribution in [2.24, 2.45) is 11.8 Å². The average Bonchev–Trinajstić information content (AvgIpc) is 2.67. The van der Waals surface area contributed by atoms with Crippen molar-refractivity contribution in [2.45, 2.75) is 44.7 Å². The second-order valence-corrected chi connectivity index (χ2v) is 12.3. The van der Waals surface area contributed by atoms with Gasteiger partial charge in [0.2, 0.25) is 20.0 Å². The zero-order valence-corrected chi connectivity index (χ0v) is 20.5. The second kappa shape index (κ2) is 9.88. The van der Waals surface area contributed by atoms with Crippen molar-refractivity contribution < 1.29 is 26.7 Å². The van der Waals surface area contributed by atoms with Crippen molar-refractivity contribution in [2.75, 3.05) is 33.0 Å². The summed E-state index contributed by atoms with van der Waals surface area (Å²) >= 11 is 0. The molecule has 0 saturated carbocycles. The number of benzene rings is 1. The van der Waals surface area contributed by atoms with Gasteiger partial charge >= 0.3 is 0 Å². The minimum atomic E-state index is -3.95. The summed E-state index contributed by atoms with van der Waals surface area (Å²) in [6, 6.07) is 4.02. The molecule has 1 aromatic rings. The third-order valence-electron chi connectivity index (χ3n) is 5.18. The Hall–Kier alpha value is -1.64. The SMILES string of the molecule is CC(C)C#Cc1ccc2c(c1)O[C@H](CN(C)S(C)(=O)=O)[C@H](C)CN([C@H](C)CO)S2(=O)=O. The molecule has 2 rings (SSSR count). The van der Waals surface area contributed by atoms with Gasteiger partial charge in [0, 0.05) is 37.0 Å². The quantitative estimate of drug-likeness (QED) is 0.649. The lowest BCUT2D eigenvalue weighted by Crippen LogP contribution is -2.50. The Morgan fingerprint density at radius 3 is 2.52 bits per heavy atom. The maximum atomic E-state index is 13.4. The van der Waals surface area contributed by atoms with Crippen molar-refractivity contribution in [3.05, 3.63) is 23.8 Å². The molecule has 0 saturated heterocycles. The molecule has 0 aromatic heterocycles. The number of sulfonamides is 2. The highest BCUT2D eigenvalue weighted by Gasteiger charge is 2.38. The van der Waals surface area contributed by atoms with E-state index >= 15 is 0 Å².